The SMILES string of the molecule is CCOC(=O)C1=C(C)N=c2s/c(=C\c3ccc(Br)o3)c(=O)n2C1c1ccccc1. The Morgan fingerprint density at radius 3 is 2.72 bits per heavy atom. The quantitative estimate of drug-likeness (QED) is 0.546. The van der Waals surface area contributed by atoms with Crippen LogP contribution >= 0.6 is 27.3 Å². The first-order valence-corrected chi connectivity index (χ1v) is 10.6. The number of benzene rings is 1. The molecule has 3 aromatic rings. The molecule has 0 radical (unpaired) electrons. The molecule has 8 heteroatoms. The summed E-state index contributed by atoms with van der Waals surface area (Å²) in [6, 6.07) is 12.4. The van der Waals surface area contributed by atoms with Gasteiger partial charge in [-0.3, -0.25) is 9.36 Å². The fourth-order valence-electron chi connectivity index (χ4n) is 3.28. The van der Waals surface area contributed by atoms with Crippen LogP contribution in [0, 0.1) is 0 Å². The van der Waals surface area contributed by atoms with Crippen molar-refractivity contribution < 1.29 is 13.9 Å². The van der Waals surface area contributed by atoms with E-state index in [1.54, 1.807) is 36.6 Å². The molecule has 0 bridgehead atoms. The van der Waals surface area contributed by atoms with Gasteiger partial charge in [-0.05, 0) is 47.5 Å². The zero-order chi connectivity index (χ0) is 20.5. The van der Waals surface area contributed by atoms with Gasteiger partial charge in [0.1, 0.15) is 5.76 Å². The number of halogens is 1. The number of thiazole rings is 1. The van der Waals surface area contributed by atoms with E-state index in [-0.39, 0.29) is 12.2 Å². The van der Waals surface area contributed by atoms with E-state index in [9.17, 15) is 9.59 Å². The number of rotatable bonds is 4. The Morgan fingerprint density at radius 2 is 2.07 bits per heavy atom. The van der Waals surface area contributed by atoms with E-state index in [1.807, 2.05) is 30.3 Å². The maximum Gasteiger partial charge on any atom is 0.338 e. The van der Waals surface area contributed by atoms with Crippen LogP contribution in [0.2, 0.25) is 0 Å². The lowest BCUT2D eigenvalue weighted by molar-refractivity contribution is -0.139. The van der Waals surface area contributed by atoms with Crippen molar-refractivity contribution in [1.82, 2.24) is 4.57 Å². The summed E-state index contributed by atoms with van der Waals surface area (Å²) in [5.74, 6) is 0.0894. The van der Waals surface area contributed by atoms with E-state index in [4.69, 9.17) is 9.15 Å². The zero-order valence-electron chi connectivity index (χ0n) is 15.7. The highest BCUT2D eigenvalue weighted by atomic mass is 79.9. The molecule has 1 atom stereocenters. The maximum atomic E-state index is 13.3. The minimum atomic E-state index is -0.600. The number of ether oxygens (including phenoxy) is 1. The molecule has 6 nitrogen and oxygen atoms in total. The summed E-state index contributed by atoms with van der Waals surface area (Å²) >= 11 is 4.53. The van der Waals surface area contributed by atoms with Gasteiger partial charge < -0.3 is 9.15 Å². The van der Waals surface area contributed by atoms with E-state index in [0.29, 0.717) is 31.0 Å². The van der Waals surface area contributed by atoms with Crippen LogP contribution < -0.4 is 14.9 Å². The molecule has 1 unspecified atom stereocenters. The number of aromatic nitrogens is 1. The van der Waals surface area contributed by atoms with Gasteiger partial charge in [0.15, 0.2) is 9.47 Å². The molecular weight excluding hydrogens is 456 g/mol. The molecule has 4 rings (SSSR count). The highest BCUT2D eigenvalue weighted by molar-refractivity contribution is 9.10. The Morgan fingerprint density at radius 1 is 1.31 bits per heavy atom. The van der Waals surface area contributed by atoms with Crippen molar-refractivity contribution in [3.05, 3.63) is 89.4 Å². The zero-order valence-corrected chi connectivity index (χ0v) is 18.1. The van der Waals surface area contributed by atoms with Crippen molar-refractivity contribution >= 4 is 39.3 Å². The minimum Gasteiger partial charge on any atom is -0.463 e. The second-order valence-electron chi connectivity index (χ2n) is 6.35. The Balaban J connectivity index is 1.96. The van der Waals surface area contributed by atoms with Crippen LogP contribution in [-0.4, -0.2) is 17.1 Å². The van der Waals surface area contributed by atoms with Gasteiger partial charge in [-0.15, -0.1) is 0 Å². The third kappa shape index (κ3) is 3.65. The minimum absolute atomic E-state index is 0.232. The average molecular weight is 473 g/mol. The third-order valence-electron chi connectivity index (χ3n) is 4.50. The molecule has 1 aliphatic heterocycles. The summed E-state index contributed by atoms with van der Waals surface area (Å²) in [5, 5.41) is 0. The van der Waals surface area contributed by atoms with Crippen molar-refractivity contribution in [1.29, 1.82) is 0 Å². The molecule has 0 saturated heterocycles. The van der Waals surface area contributed by atoms with Gasteiger partial charge in [0, 0.05) is 6.08 Å². The molecule has 2 aromatic heterocycles. The number of nitrogens with zero attached hydrogens (tertiary/aromatic N) is 2. The predicted octanol–water partition coefficient (Wildman–Crippen LogP) is 3.15. The van der Waals surface area contributed by atoms with Crippen LogP contribution in [0.1, 0.15) is 31.2 Å². The van der Waals surface area contributed by atoms with Crippen LogP contribution in [0.4, 0.5) is 0 Å². The number of hydrogen-bond acceptors (Lipinski definition) is 6. The summed E-state index contributed by atoms with van der Waals surface area (Å²) in [5.41, 5.74) is 1.51. The molecule has 0 spiro atoms. The molecule has 1 aliphatic rings. The van der Waals surface area contributed by atoms with Gasteiger partial charge in [0.25, 0.3) is 5.56 Å². The summed E-state index contributed by atoms with van der Waals surface area (Å²) in [7, 11) is 0. The molecule has 1 aromatic carbocycles. The molecule has 148 valence electrons. The number of carbonyl (C=O) groups is 1. The Kier molecular flexibility index (Phi) is 5.38. The first-order chi connectivity index (χ1) is 14.0. The predicted molar refractivity (Wildman–Crippen MR) is 113 cm³/mol. The van der Waals surface area contributed by atoms with E-state index in [1.165, 1.54) is 11.3 Å². The second kappa shape index (κ2) is 7.96. The smallest absolute Gasteiger partial charge is 0.338 e. The molecule has 0 N–H and O–H groups in total. The standard InChI is InChI=1S/C21H17BrN2O4S/c1-3-27-20(26)17-12(2)23-21-24(18(17)13-7-5-4-6-8-13)19(25)15(29-21)11-14-9-10-16(22)28-14/h4-11,18H,3H2,1-2H3/b15-11-. The third-order valence-corrected chi connectivity index (χ3v) is 5.91. The van der Waals surface area contributed by atoms with E-state index in [2.05, 4.69) is 20.9 Å². The van der Waals surface area contributed by atoms with Crippen molar-refractivity contribution in [3.8, 4) is 0 Å². The van der Waals surface area contributed by atoms with Crippen molar-refractivity contribution in [2.24, 2.45) is 4.99 Å². The number of hydrogen-bond donors (Lipinski definition) is 0. The first kappa shape index (κ1) is 19.6. The van der Waals surface area contributed by atoms with Crippen molar-refractivity contribution in [3.63, 3.8) is 0 Å². The van der Waals surface area contributed by atoms with Gasteiger partial charge in [0.2, 0.25) is 0 Å². The number of carbonyl (C=O) groups excluding carboxylic acids is 1. The monoisotopic (exact) mass is 472 g/mol. The number of esters is 1. The number of fused-ring (bicyclic) bond motifs is 1. The highest BCUT2D eigenvalue weighted by Crippen LogP contribution is 2.30. The topological polar surface area (TPSA) is 73.8 Å². The fourth-order valence-corrected chi connectivity index (χ4v) is 4.62. The van der Waals surface area contributed by atoms with Crippen LogP contribution in [0.25, 0.3) is 6.08 Å². The molecule has 0 aliphatic carbocycles. The van der Waals surface area contributed by atoms with Gasteiger partial charge >= 0.3 is 5.97 Å². The molecule has 29 heavy (non-hydrogen) atoms. The normalized spacial score (nSPS) is 16.5. The number of allylic oxidation sites excluding steroid dienone is 1. The maximum absolute atomic E-state index is 13.3. The molecular formula is C21H17BrN2O4S. The summed E-state index contributed by atoms with van der Waals surface area (Å²) in [6.45, 7) is 3.76. The molecule has 3 heterocycles. The molecule has 0 fully saturated rings. The molecule has 0 saturated carbocycles. The summed E-state index contributed by atoms with van der Waals surface area (Å²) < 4.78 is 13.4. The average Bonchev–Trinajstić information content (AvgIpc) is 3.24. The lowest BCUT2D eigenvalue weighted by atomic mass is 9.96. The Hall–Kier alpha value is -2.71. The number of furan rings is 1. The first-order valence-electron chi connectivity index (χ1n) is 8.99. The van der Waals surface area contributed by atoms with E-state index < -0.39 is 12.0 Å². The lowest BCUT2D eigenvalue weighted by Gasteiger charge is -2.24. The van der Waals surface area contributed by atoms with Crippen molar-refractivity contribution in [2.45, 2.75) is 19.9 Å². The van der Waals surface area contributed by atoms with E-state index in [0.717, 1.165) is 5.56 Å². The second-order valence-corrected chi connectivity index (χ2v) is 8.15. The van der Waals surface area contributed by atoms with Crippen LogP contribution in [0.3, 0.4) is 0 Å². The van der Waals surface area contributed by atoms with Gasteiger partial charge in [-0.2, -0.15) is 0 Å². The van der Waals surface area contributed by atoms with E-state index >= 15 is 0 Å². The van der Waals surface area contributed by atoms with Crippen LogP contribution in [0.15, 0.2) is 72.6 Å². The Bertz CT molecular complexity index is 1280. The summed E-state index contributed by atoms with van der Waals surface area (Å²) in [4.78, 5) is 31.1. The Labute approximate surface area is 178 Å². The van der Waals surface area contributed by atoms with Crippen molar-refractivity contribution in [2.75, 3.05) is 6.61 Å². The summed E-state index contributed by atoms with van der Waals surface area (Å²) in [6.07, 6.45) is 1.68. The van der Waals surface area contributed by atoms with Crippen LogP contribution in [0.5, 0.6) is 0 Å². The lowest BCUT2D eigenvalue weighted by Crippen LogP contribution is -2.39. The van der Waals surface area contributed by atoms with Gasteiger partial charge in [-0.25, -0.2) is 9.79 Å². The van der Waals surface area contributed by atoms with Gasteiger partial charge in [0.05, 0.1) is 28.5 Å². The highest BCUT2D eigenvalue weighted by Gasteiger charge is 2.33. The molecule has 0 amide bonds. The van der Waals surface area contributed by atoms with Gasteiger partial charge in [-0.1, -0.05) is 41.7 Å². The largest absolute Gasteiger partial charge is 0.463 e. The van der Waals surface area contributed by atoms with Crippen LogP contribution in [-0.2, 0) is 9.53 Å². The fraction of sp³-hybridized carbons (Fsp3) is 0.190.